The van der Waals surface area contributed by atoms with Crippen LogP contribution >= 0.6 is 0 Å². The number of hydrogen-bond acceptors (Lipinski definition) is 2. The maximum atomic E-state index is 4.81. The summed E-state index contributed by atoms with van der Waals surface area (Å²) in [5.74, 6) is 1.67. The van der Waals surface area contributed by atoms with Gasteiger partial charge in [0.15, 0.2) is 0 Å². The number of aromatic nitrogens is 2. The van der Waals surface area contributed by atoms with E-state index in [0.29, 0.717) is 5.92 Å². The molecule has 1 aromatic heterocycles. The fraction of sp³-hybridized carbons (Fsp3) is 0.350. The molecule has 0 amide bonds. The highest BCUT2D eigenvalue weighted by Crippen LogP contribution is 2.27. The molecule has 4 rings (SSSR count). The maximum Gasteiger partial charge on any atom is 0.111 e. The van der Waals surface area contributed by atoms with Crippen LogP contribution in [0.4, 0.5) is 0 Å². The van der Waals surface area contributed by atoms with Crippen LogP contribution in [0.15, 0.2) is 48.5 Å². The minimum Gasteiger partial charge on any atom is -0.342 e. The Morgan fingerprint density at radius 1 is 1.13 bits per heavy atom. The van der Waals surface area contributed by atoms with E-state index in [4.69, 9.17) is 4.98 Å². The second kappa shape index (κ2) is 6.17. The second-order valence-corrected chi connectivity index (χ2v) is 6.64. The first-order valence-corrected chi connectivity index (χ1v) is 8.51. The molecule has 1 N–H and O–H groups in total. The monoisotopic (exact) mass is 305 g/mol. The summed E-state index contributed by atoms with van der Waals surface area (Å²) >= 11 is 0. The number of imidazole rings is 1. The van der Waals surface area contributed by atoms with Crippen molar-refractivity contribution >= 4 is 11.0 Å². The lowest BCUT2D eigenvalue weighted by Gasteiger charge is -2.32. The van der Waals surface area contributed by atoms with Crippen molar-refractivity contribution in [2.24, 2.45) is 0 Å². The molecule has 3 nitrogen and oxygen atoms in total. The molecular weight excluding hydrogens is 282 g/mol. The van der Waals surface area contributed by atoms with Crippen LogP contribution in [-0.4, -0.2) is 28.0 Å². The molecule has 23 heavy (non-hydrogen) atoms. The van der Waals surface area contributed by atoms with Gasteiger partial charge in [-0.1, -0.05) is 36.4 Å². The SMILES string of the molecule is Cc1ccccc1CN1CCC[C@@H](c2nc3ccccc3[nH]2)C1. The molecule has 1 atom stereocenters. The van der Waals surface area contributed by atoms with Crippen molar-refractivity contribution in [2.45, 2.75) is 32.2 Å². The summed E-state index contributed by atoms with van der Waals surface area (Å²) in [5.41, 5.74) is 5.06. The number of piperidine rings is 1. The molecule has 1 fully saturated rings. The lowest BCUT2D eigenvalue weighted by molar-refractivity contribution is 0.197. The van der Waals surface area contributed by atoms with E-state index < -0.39 is 0 Å². The molecule has 0 unspecified atom stereocenters. The van der Waals surface area contributed by atoms with E-state index in [1.54, 1.807) is 0 Å². The highest BCUT2D eigenvalue weighted by Gasteiger charge is 2.24. The van der Waals surface area contributed by atoms with Crippen LogP contribution in [0.5, 0.6) is 0 Å². The van der Waals surface area contributed by atoms with Gasteiger partial charge in [-0.25, -0.2) is 4.98 Å². The Kier molecular flexibility index (Phi) is 3.88. The van der Waals surface area contributed by atoms with Gasteiger partial charge in [-0.15, -0.1) is 0 Å². The zero-order valence-electron chi connectivity index (χ0n) is 13.6. The molecule has 0 radical (unpaired) electrons. The van der Waals surface area contributed by atoms with Crippen molar-refractivity contribution < 1.29 is 0 Å². The van der Waals surface area contributed by atoms with Gasteiger partial charge in [0.25, 0.3) is 0 Å². The van der Waals surface area contributed by atoms with E-state index >= 15 is 0 Å². The van der Waals surface area contributed by atoms with Gasteiger partial charge in [0, 0.05) is 19.0 Å². The molecule has 1 saturated heterocycles. The number of nitrogens with zero attached hydrogens (tertiary/aromatic N) is 2. The van der Waals surface area contributed by atoms with Crippen molar-refractivity contribution in [2.75, 3.05) is 13.1 Å². The number of aryl methyl sites for hydroxylation is 1. The van der Waals surface area contributed by atoms with E-state index in [1.165, 1.54) is 30.5 Å². The Labute approximate surface area is 137 Å². The molecule has 1 aliphatic heterocycles. The molecule has 0 bridgehead atoms. The Bertz CT molecular complexity index is 772. The number of benzene rings is 2. The van der Waals surface area contributed by atoms with Gasteiger partial charge in [-0.05, 0) is 49.6 Å². The Hall–Kier alpha value is -2.13. The van der Waals surface area contributed by atoms with Gasteiger partial charge in [-0.3, -0.25) is 4.90 Å². The van der Waals surface area contributed by atoms with Crippen LogP contribution in [0.25, 0.3) is 11.0 Å². The van der Waals surface area contributed by atoms with Crippen LogP contribution in [0.2, 0.25) is 0 Å². The Morgan fingerprint density at radius 3 is 2.83 bits per heavy atom. The van der Waals surface area contributed by atoms with E-state index in [1.807, 2.05) is 0 Å². The average Bonchev–Trinajstić information content (AvgIpc) is 3.01. The van der Waals surface area contributed by atoms with Crippen LogP contribution in [0, 0.1) is 6.92 Å². The fourth-order valence-corrected chi connectivity index (χ4v) is 3.62. The maximum absolute atomic E-state index is 4.81. The molecule has 3 aromatic rings. The van der Waals surface area contributed by atoms with Gasteiger partial charge in [0.05, 0.1) is 11.0 Å². The molecule has 0 aliphatic carbocycles. The summed E-state index contributed by atoms with van der Waals surface area (Å²) in [5, 5.41) is 0. The van der Waals surface area contributed by atoms with Gasteiger partial charge >= 0.3 is 0 Å². The van der Waals surface area contributed by atoms with E-state index in [0.717, 1.165) is 29.9 Å². The molecule has 1 aliphatic rings. The lowest BCUT2D eigenvalue weighted by atomic mass is 9.96. The molecule has 0 spiro atoms. The first-order chi connectivity index (χ1) is 11.3. The van der Waals surface area contributed by atoms with Crippen molar-refractivity contribution in [3.8, 4) is 0 Å². The topological polar surface area (TPSA) is 31.9 Å². The smallest absolute Gasteiger partial charge is 0.111 e. The number of likely N-dealkylation sites (tertiary alicyclic amines) is 1. The van der Waals surface area contributed by atoms with Crippen molar-refractivity contribution in [1.82, 2.24) is 14.9 Å². The van der Waals surface area contributed by atoms with E-state index in [-0.39, 0.29) is 0 Å². The lowest BCUT2D eigenvalue weighted by Crippen LogP contribution is -2.34. The summed E-state index contributed by atoms with van der Waals surface area (Å²) in [4.78, 5) is 10.9. The van der Waals surface area contributed by atoms with Gasteiger partial charge < -0.3 is 4.98 Å². The molecule has 2 aromatic carbocycles. The second-order valence-electron chi connectivity index (χ2n) is 6.64. The third-order valence-corrected chi connectivity index (χ3v) is 4.96. The number of nitrogens with one attached hydrogen (secondary N) is 1. The number of fused-ring (bicyclic) bond motifs is 1. The third kappa shape index (κ3) is 3.02. The summed E-state index contributed by atoms with van der Waals surface area (Å²) in [6.45, 7) is 5.53. The predicted octanol–water partition coefficient (Wildman–Crippen LogP) is 4.25. The number of rotatable bonds is 3. The van der Waals surface area contributed by atoms with Gasteiger partial charge in [0.1, 0.15) is 5.82 Å². The fourth-order valence-electron chi connectivity index (χ4n) is 3.62. The number of para-hydroxylation sites is 2. The number of H-pyrrole nitrogens is 1. The van der Waals surface area contributed by atoms with Crippen LogP contribution < -0.4 is 0 Å². The minimum absolute atomic E-state index is 0.514. The Balaban J connectivity index is 1.51. The van der Waals surface area contributed by atoms with Crippen molar-refractivity contribution in [3.05, 3.63) is 65.5 Å². The minimum atomic E-state index is 0.514. The number of hydrogen-bond donors (Lipinski definition) is 1. The molecule has 118 valence electrons. The summed E-state index contributed by atoms with van der Waals surface area (Å²) in [6, 6.07) is 17.0. The highest BCUT2D eigenvalue weighted by atomic mass is 15.1. The first-order valence-electron chi connectivity index (χ1n) is 8.51. The first kappa shape index (κ1) is 14.5. The zero-order valence-corrected chi connectivity index (χ0v) is 13.6. The highest BCUT2D eigenvalue weighted by molar-refractivity contribution is 5.74. The van der Waals surface area contributed by atoms with Gasteiger partial charge in [0.2, 0.25) is 0 Å². The molecule has 2 heterocycles. The van der Waals surface area contributed by atoms with E-state index in [2.05, 4.69) is 65.3 Å². The normalized spacial score (nSPS) is 19.3. The largest absolute Gasteiger partial charge is 0.342 e. The van der Waals surface area contributed by atoms with Crippen LogP contribution in [-0.2, 0) is 6.54 Å². The average molecular weight is 305 g/mol. The predicted molar refractivity (Wildman–Crippen MR) is 94.5 cm³/mol. The van der Waals surface area contributed by atoms with Gasteiger partial charge in [-0.2, -0.15) is 0 Å². The van der Waals surface area contributed by atoms with E-state index in [9.17, 15) is 0 Å². The molecular formula is C20H23N3. The summed E-state index contributed by atoms with van der Waals surface area (Å²) < 4.78 is 0. The summed E-state index contributed by atoms with van der Waals surface area (Å²) in [6.07, 6.45) is 2.47. The Morgan fingerprint density at radius 2 is 1.96 bits per heavy atom. The number of aromatic amines is 1. The quantitative estimate of drug-likeness (QED) is 0.784. The van der Waals surface area contributed by atoms with Crippen molar-refractivity contribution in [3.63, 3.8) is 0 Å². The third-order valence-electron chi connectivity index (χ3n) is 4.96. The summed E-state index contributed by atoms with van der Waals surface area (Å²) in [7, 11) is 0. The molecule has 0 saturated carbocycles. The van der Waals surface area contributed by atoms with Crippen molar-refractivity contribution in [1.29, 1.82) is 0 Å². The molecule has 3 heteroatoms. The van der Waals surface area contributed by atoms with Crippen LogP contribution in [0.1, 0.15) is 35.7 Å². The zero-order chi connectivity index (χ0) is 15.6. The van der Waals surface area contributed by atoms with Crippen LogP contribution in [0.3, 0.4) is 0 Å². The standard InChI is InChI=1S/C20H23N3/c1-15-7-2-3-8-16(15)13-23-12-6-9-17(14-23)20-21-18-10-4-5-11-19(18)22-20/h2-5,7-8,10-11,17H,6,9,12-14H2,1H3,(H,21,22)/t17-/m1/s1.